The smallest absolute Gasteiger partial charge is 0.420 e. The van der Waals surface area contributed by atoms with Gasteiger partial charge in [-0.15, -0.1) is 0 Å². The number of fused-ring (bicyclic) bond motifs is 3. The molecule has 0 unspecified atom stereocenters. The Morgan fingerprint density at radius 1 is 0.500 bits per heavy atom. The third kappa shape index (κ3) is 14.2. The minimum absolute atomic E-state index is 0.00949. The van der Waals surface area contributed by atoms with E-state index in [0.29, 0.717) is 73.3 Å². The molecule has 6 aromatic heterocycles. The highest BCUT2D eigenvalue weighted by molar-refractivity contribution is 5.98. The zero-order chi connectivity index (χ0) is 69.9. The zero-order valence-corrected chi connectivity index (χ0v) is 55.5. The molecule has 0 atom stereocenters. The fourth-order valence-corrected chi connectivity index (χ4v) is 11.9. The number of carbonyl (C=O) groups excluding carboxylic acids is 6. The number of piperazine rings is 2. The summed E-state index contributed by atoms with van der Waals surface area (Å²) in [6, 6.07) is 21.9. The van der Waals surface area contributed by atoms with Crippen molar-refractivity contribution in [3.05, 3.63) is 161 Å². The molecule has 27 heteroatoms. The van der Waals surface area contributed by atoms with Crippen molar-refractivity contribution in [3.8, 4) is 33.8 Å². The molecule has 0 radical (unpaired) electrons. The predicted octanol–water partition coefficient (Wildman–Crippen LogP) is 11.0. The maximum Gasteiger partial charge on any atom is 0.420 e. The summed E-state index contributed by atoms with van der Waals surface area (Å²) in [5.74, 6) is -2.68. The summed E-state index contributed by atoms with van der Waals surface area (Å²) >= 11 is 0. The molecule has 3 aliphatic heterocycles. The maximum atomic E-state index is 13.7. The molecule has 504 valence electrons. The summed E-state index contributed by atoms with van der Waals surface area (Å²) in [4.78, 5) is 97.0. The van der Waals surface area contributed by atoms with Crippen molar-refractivity contribution in [1.82, 2.24) is 68.3 Å². The highest BCUT2D eigenvalue weighted by Crippen LogP contribution is 2.37. The van der Waals surface area contributed by atoms with Crippen LogP contribution in [0.15, 0.2) is 110 Å². The number of amides is 5. The number of esters is 1. The van der Waals surface area contributed by atoms with E-state index >= 15 is 0 Å². The van der Waals surface area contributed by atoms with Crippen LogP contribution in [0.2, 0.25) is 0 Å². The fourth-order valence-electron chi connectivity index (χ4n) is 11.9. The third-order valence-electron chi connectivity index (χ3n) is 17.3. The van der Waals surface area contributed by atoms with Crippen LogP contribution in [0.3, 0.4) is 0 Å². The number of nitrogens with zero attached hydrogens (tertiary/aromatic N) is 14. The van der Waals surface area contributed by atoms with Crippen molar-refractivity contribution in [2.45, 2.75) is 124 Å². The quantitative estimate of drug-likeness (QED) is 0.107. The summed E-state index contributed by atoms with van der Waals surface area (Å²) in [6.07, 6.45) is -0.383. The number of morpholine rings is 1. The first-order chi connectivity index (χ1) is 44.9. The molecule has 21 nitrogen and oxygen atoms in total. The van der Waals surface area contributed by atoms with Gasteiger partial charge in [0, 0.05) is 80.9 Å². The molecule has 0 spiro atoms. The maximum absolute atomic E-state index is 13.7. The minimum Gasteiger partial charge on any atom is -0.462 e. The number of benzene rings is 3. The van der Waals surface area contributed by atoms with Crippen molar-refractivity contribution >= 4 is 52.4 Å². The van der Waals surface area contributed by atoms with Gasteiger partial charge in [-0.05, 0) is 144 Å². The molecule has 3 saturated heterocycles. The molecule has 0 aliphatic carbocycles. The Morgan fingerprint density at radius 3 is 1.22 bits per heavy atom. The largest absolute Gasteiger partial charge is 0.462 e. The number of ether oxygens (including phenoxy) is 1. The molecule has 0 saturated carbocycles. The standard InChI is InChI=1S/C25H30FN5O2.C24H28FN5O2.C20H16F4N4O3/c1-16(32)29-11-12-30(25(5,6)15-29)23(33)21-14-31-22(27-21)19(24(2,3)4)13-20(28-31)17-7-9-18(26)10-8-17;1-15(2)19-12-20(17-6-8-18(25)9-7-17)27-30-13-21(26-22(19)30)23(32)29-11-10-28(16(3)31)14-24(29,4)5;1-19(2)18(30)31-8-7-27(19)17(29)15-10-28-16(25-15)13(20(22,23)24)9-14(26-28)11-3-5-12(21)6-4-11/h7-10,13-14H,11-12,15H2,1-6H3;6-9,12-13,15H,10-11,14H2,1-5H3;3-6,9-10H,7-8H2,1-2H3. The zero-order valence-electron chi connectivity index (χ0n) is 55.5. The SMILES string of the molecule is CC(=O)N1CCN(C(=O)c2cn3nc(-c4ccc(F)cc4)cc(C(C)(C)C)c3n2)C(C)(C)C1.CC(=O)N1CCN(C(=O)c2cn3nc(-c4ccc(F)cc4)cc(C(C)C)c3n2)C(C)(C)C1.CC1(C)C(=O)OCCN1C(=O)c1cn2nc(-c3ccc(F)cc3)cc(C(F)(F)F)c2n1. The topological polar surface area (TPSA) is 218 Å². The lowest BCUT2D eigenvalue weighted by atomic mass is 9.87. The lowest BCUT2D eigenvalue weighted by molar-refractivity contribution is -0.162. The van der Waals surface area contributed by atoms with E-state index in [1.165, 1.54) is 55.1 Å². The summed E-state index contributed by atoms with van der Waals surface area (Å²) in [6.45, 7) is 27.2. The molecule has 0 bridgehead atoms. The van der Waals surface area contributed by atoms with E-state index in [1.807, 2.05) is 39.8 Å². The molecule has 12 rings (SSSR count). The number of hydrogen-bond acceptors (Lipinski definition) is 13. The van der Waals surface area contributed by atoms with Crippen molar-refractivity contribution in [2.75, 3.05) is 52.4 Å². The molecular formula is C69H74F6N14O7. The van der Waals surface area contributed by atoms with Crippen molar-refractivity contribution < 1.29 is 59.8 Å². The second-order valence-corrected chi connectivity index (χ2v) is 27.0. The average Bonchev–Trinajstić information content (AvgIpc) is 1.61. The van der Waals surface area contributed by atoms with Gasteiger partial charge in [0.05, 0.1) is 53.3 Å². The average molecular weight is 1330 g/mol. The van der Waals surface area contributed by atoms with Crippen LogP contribution in [0.4, 0.5) is 26.3 Å². The Labute approximate surface area is 549 Å². The van der Waals surface area contributed by atoms with Gasteiger partial charge in [-0.3, -0.25) is 24.0 Å². The van der Waals surface area contributed by atoms with E-state index in [1.54, 1.807) is 79.1 Å². The molecule has 9 heterocycles. The number of halogens is 6. The van der Waals surface area contributed by atoms with Crippen molar-refractivity contribution in [2.24, 2.45) is 0 Å². The molecule has 0 N–H and O–H groups in total. The first-order valence-corrected chi connectivity index (χ1v) is 31.1. The molecule has 96 heavy (non-hydrogen) atoms. The van der Waals surface area contributed by atoms with Crippen molar-refractivity contribution in [1.29, 1.82) is 0 Å². The van der Waals surface area contributed by atoms with Crippen LogP contribution >= 0.6 is 0 Å². The molecule has 3 fully saturated rings. The van der Waals surface area contributed by atoms with Gasteiger partial charge in [0.2, 0.25) is 11.8 Å². The third-order valence-corrected chi connectivity index (χ3v) is 17.3. The van der Waals surface area contributed by atoms with Gasteiger partial charge in [-0.1, -0.05) is 34.6 Å². The van der Waals surface area contributed by atoms with E-state index in [-0.39, 0.29) is 76.7 Å². The highest BCUT2D eigenvalue weighted by atomic mass is 19.4. The second kappa shape index (κ2) is 25.9. The molecule has 3 aliphatic rings. The van der Waals surface area contributed by atoms with Gasteiger partial charge < -0.3 is 29.2 Å². The monoisotopic (exact) mass is 1320 g/mol. The lowest BCUT2D eigenvalue weighted by Crippen LogP contribution is -2.61. The minimum atomic E-state index is -4.78. The Bertz CT molecular complexity index is 4500. The summed E-state index contributed by atoms with van der Waals surface area (Å²) in [5.41, 5.74) is 2.39. The number of carbonyl (C=O) groups is 6. The van der Waals surface area contributed by atoms with Crippen molar-refractivity contribution in [3.63, 3.8) is 0 Å². The van der Waals surface area contributed by atoms with Crippen LogP contribution < -0.4 is 0 Å². The summed E-state index contributed by atoms with van der Waals surface area (Å²) in [7, 11) is 0. The number of aromatic nitrogens is 9. The van der Waals surface area contributed by atoms with Crippen LogP contribution in [0.5, 0.6) is 0 Å². The van der Waals surface area contributed by atoms with Crippen LogP contribution in [-0.4, -0.2) is 173 Å². The van der Waals surface area contributed by atoms with Gasteiger partial charge in [0.15, 0.2) is 16.9 Å². The van der Waals surface area contributed by atoms with Gasteiger partial charge >= 0.3 is 12.1 Å². The number of imidazole rings is 3. The normalized spacial score (nSPS) is 16.3. The van der Waals surface area contributed by atoms with E-state index in [4.69, 9.17) is 9.72 Å². The molecule has 3 aromatic carbocycles. The second-order valence-electron chi connectivity index (χ2n) is 27.0. The number of cyclic esters (lactones) is 1. The first-order valence-electron chi connectivity index (χ1n) is 31.1. The van der Waals surface area contributed by atoms with Gasteiger partial charge in [0.1, 0.15) is 52.2 Å². The van der Waals surface area contributed by atoms with Crippen LogP contribution in [0.1, 0.15) is 144 Å². The summed E-state index contributed by atoms with van der Waals surface area (Å²) in [5, 5.41) is 13.4. The predicted molar refractivity (Wildman–Crippen MR) is 344 cm³/mol. The van der Waals surface area contributed by atoms with Gasteiger partial charge in [-0.25, -0.2) is 46.5 Å². The van der Waals surface area contributed by atoms with E-state index in [0.717, 1.165) is 51.2 Å². The number of rotatable bonds is 7. The molecule has 5 amide bonds. The lowest BCUT2D eigenvalue weighted by Gasteiger charge is -2.46. The van der Waals surface area contributed by atoms with E-state index in [9.17, 15) is 55.1 Å². The Morgan fingerprint density at radius 2 is 0.854 bits per heavy atom. The highest BCUT2D eigenvalue weighted by Gasteiger charge is 2.45. The molecular weight excluding hydrogens is 1250 g/mol. The van der Waals surface area contributed by atoms with Gasteiger partial charge in [0.25, 0.3) is 17.7 Å². The number of alkyl halides is 3. The molecule has 9 aromatic rings. The van der Waals surface area contributed by atoms with Gasteiger partial charge in [-0.2, -0.15) is 28.5 Å². The number of hydrogen-bond donors (Lipinski definition) is 0. The van der Waals surface area contributed by atoms with Crippen LogP contribution in [-0.2, 0) is 30.7 Å². The Hall–Kier alpha value is -10.1. The fraction of sp³-hybridized carbons (Fsp3) is 0.391. The summed E-state index contributed by atoms with van der Waals surface area (Å²) < 4.78 is 90.2. The van der Waals surface area contributed by atoms with E-state index in [2.05, 4.69) is 59.9 Å². The van der Waals surface area contributed by atoms with Crippen LogP contribution in [0.25, 0.3) is 50.7 Å². The van der Waals surface area contributed by atoms with Crippen LogP contribution in [0, 0.1) is 17.5 Å². The Balaban J connectivity index is 0.000000157. The first kappa shape index (κ1) is 68.8. The van der Waals surface area contributed by atoms with E-state index < -0.39 is 51.7 Å². The Kier molecular flexibility index (Phi) is 18.6.